The average molecular weight is 455 g/mol. The lowest BCUT2D eigenvalue weighted by molar-refractivity contribution is 0.101. The lowest BCUT2D eigenvalue weighted by Crippen LogP contribution is -2.22. The third kappa shape index (κ3) is 4.49. The highest BCUT2D eigenvalue weighted by molar-refractivity contribution is 7.14. The molecule has 1 aromatic carbocycles. The summed E-state index contributed by atoms with van der Waals surface area (Å²) in [4.78, 5) is 24.1. The Balaban J connectivity index is 1.29. The van der Waals surface area contributed by atoms with Gasteiger partial charge in [0.2, 0.25) is 0 Å². The van der Waals surface area contributed by atoms with Gasteiger partial charge in [-0.1, -0.05) is 18.2 Å². The van der Waals surface area contributed by atoms with Crippen LogP contribution in [0.15, 0.2) is 72.4 Å². The summed E-state index contributed by atoms with van der Waals surface area (Å²) in [5, 5.41) is 14.7. The van der Waals surface area contributed by atoms with Crippen LogP contribution >= 0.6 is 11.3 Å². The molecule has 1 fully saturated rings. The number of benzene rings is 1. The minimum absolute atomic E-state index is 0.207. The van der Waals surface area contributed by atoms with Crippen molar-refractivity contribution in [1.29, 1.82) is 5.26 Å². The van der Waals surface area contributed by atoms with Crippen LogP contribution in [0.25, 0.3) is 0 Å². The maximum absolute atomic E-state index is 13.0. The van der Waals surface area contributed by atoms with E-state index in [1.165, 1.54) is 17.0 Å². The Morgan fingerprint density at radius 2 is 2.09 bits per heavy atom. The van der Waals surface area contributed by atoms with Crippen molar-refractivity contribution >= 4 is 28.1 Å². The van der Waals surface area contributed by atoms with Gasteiger partial charge >= 0.3 is 0 Å². The number of anilines is 2. The highest BCUT2D eigenvalue weighted by Gasteiger charge is 2.28. The number of nitrogens with one attached hydrogen (secondary N) is 1. The van der Waals surface area contributed by atoms with Crippen LogP contribution in [0.1, 0.15) is 46.3 Å². The van der Waals surface area contributed by atoms with E-state index < -0.39 is 0 Å². The van der Waals surface area contributed by atoms with Crippen LogP contribution < -0.4 is 10.2 Å². The molecule has 33 heavy (non-hydrogen) atoms. The number of para-hydroxylation sites is 1. The second-order valence-corrected chi connectivity index (χ2v) is 8.76. The molecular weight excluding hydrogens is 432 g/mol. The number of carbonyl (C=O) groups excluding carboxylic acids is 1. The first-order chi connectivity index (χ1) is 16.2. The van der Waals surface area contributed by atoms with Gasteiger partial charge in [-0.25, -0.2) is 9.97 Å². The van der Waals surface area contributed by atoms with Gasteiger partial charge in [0.25, 0.3) is 5.91 Å². The summed E-state index contributed by atoms with van der Waals surface area (Å²) >= 11 is 1.45. The maximum atomic E-state index is 13.0. The van der Waals surface area contributed by atoms with Crippen LogP contribution in [0.4, 0.5) is 10.8 Å². The Morgan fingerprint density at radius 3 is 2.94 bits per heavy atom. The Morgan fingerprint density at radius 1 is 1.21 bits per heavy atom. The van der Waals surface area contributed by atoms with Crippen molar-refractivity contribution in [3.8, 4) is 6.07 Å². The Labute approximate surface area is 196 Å². The van der Waals surface area contributed by atoms with Crippen molar-refractivity contribution < 1.29 is 4.79 Å². The molecule has 8 heteroatoms. The zero-order valence-corrected chi connectivity index (χ0v) is 18.7. The SMILES string of the molecule is N#Cc1cc(Cn2cccc2C(=O)Nc2nc(C3CCCN3c3ccccc3)cs2)ccn1. The summed E-state index contributed by atoms with van der Waals surface area (Å²) in [6, 6.07) is 19.9. The van der Waals surface area contributed by atoms with Crippen molar-refractivity contribution in [3.63, 3.8) is 0 Å². The zero-order valence-electron chi connectivity index (χ0n) is 17.9. The molecule has 1 amide bonds. The normalized spacial score (nSPS) is 15.4. The topological polar surface area (TPSA) is 86.8 Å². The molecule has 3 aromatic heterocycles. The van der Waals surface area contributed by atoms with Crippen molar-refractivity contribution in [2.45, 2.75) is 25.4 Å². The molecule has 1 N–H and O–H groups in total. The third-order valence-corrected chi connectivity index (χ3v) is 6.55. The lowest BCUT2D eigenvalue weighted by Gasteiger charge is -2.25. The van der Waals surface area contributed by atoms with Crippen LogP contribution in [-0.4, -0.2) is 27.0 Å². The monoisotopic (exact) mass is 454 g/mol. The maximum Gasteiger partial charge on any atom is 0.274 e. The van der Waals surface area contributed by atoms with Gasteiger partial charge in [-0.15, -0.1) is 11.3 Å². The predicted molar refractivity (Wildman–Crippen MR) is 128 cm³/mol. The Bertz CT molecular complexity index is 1310. The van der Waals surface area contributed by atoms with Gasteiger partial charge in [0.15, 0.2) is 5.13 Å². The largest absolute Gasteiger partial charge is 0.363 e. The second-order valence-electron chi connectivity index (χ2n) is 7.90. The van der Waals surface area contributed by atoms with Crippen molar-refractivity contribution in [1.82, 2.24) is 14.5 Å². The van der Waals surface area contributed by atoms with Gasteiger partial charge in [-0.2, -0.15) is 5.26 Å². The molecule has 0 radical (unpaired) electrons. The molecule has 1 atom stereocenters. The molecular formula is C25H22N6OS. The van der Waals surface area contributed by atoms with Crippen LogP contribution in [0.3, 0.4) is 0 Å². The quantitative estimate of drug-likeness (QED) is 0.450. The standard InChI is InChI=1S/C25H22N6OS/c26-15-19-14-18(10-11-27-19)16-30-12-4-9-23(30)24(32)29-25-28-21(17-33-25)22-8-5-13-31(22)20-6-2-1-3-7-20/h1-4,6-7,9-12,14,17,22H,5,8,13,16H2,(H,28,29,32). The summed E-state index contributed by atoms with van der Waals surface area (Å²) in [5.41, 5.74) is 4.00. The zero-order chi connectivity index (χ0) is 22.6. The number of hydrogen-bond acceptors (Lipinski definition) is 6. The Kier molecular flexibility index (Phi) is 5.87. The molecule has 1 saturated heterocycles. The number of rotatable bonds is 6. The highest BCUT2D eigenvalue weighted by atomic mass is 32.1. The summed E-state index contributed by atoms with van der Waals surface area (Å²) in [5.74, 6) is -0.207. The molecule has 0 bridgehead atoms. The first-order valence-electron chi connectivity index (χ1n) is 10.8. The number of nitriles is 1. The van der Waals surface area contributed by atoms with Crippen LogP contribution in [0, 0.1) is 11.3 Å². The predicted octanol–water partition coefficient (Wildman–Crippen LogP) is 4.85. The second kappa shape index (κ2) is 9.27. The van der Waals surface area contributed by atoms with Crippen molar-refractivity contribution in [2.24, 2.45) is 0 Å². The molecule has 0 saturated carbocycles. The first-order valence-corrected chi connectivity index (χ1v) is 11.7. The van der Waals surface area contributed by atoms with Gasteiger partial charge < -0.3 is 9.47 Å². The van der Waals surface area contributed by atoms with Crippen molar-refractivity contribution in [3.05, 3.63) is 95.0 Å². The van der Waals surface area contributed by atoms with Gasteiger partial charge in [-0.3, -0.25) is 10.1 Å². The van der Waals surface area contributed by atoms with E-state index >= 15 is 0 Å². The summed E-state index contributed by atoms with van der Waals surface area (Å²) in [6.07, 6.45) is 5.63. The molecule has 5 rings (SSSR count). The number of amides is 1. The van der Waals surface area contributed by atoms with E-state index in [1.54, 1.807) is 18.3 Å². The van der Waals surface area contributed by atoms with E-state index in [2.05, 4.69) is 39.5 Å². The smallest absolute Gasteiger partial charge is 0.274 e. The van der Waals surface area contributed by atoms with E-state index in [0.29, 0.717) is 23.1 Å². The van der Waals surface area contributed by atoms with E-state index in [-0.39, 0.29) is 11.9 Å². The number of thiazole rings is 1. The highest BCUT2D eigenvalue weighted by Crippen LogP contribution is 2.37. The van der Waals surface area contributed by atoms with Gasteiger partial charge in [0, 0.05) is 36.6 Å². The lowest BCUT2D eigenvalue weighted by atomic mass is 10.1. The molecule has 0 aliphatic carbocycles. The van der Waals surface area contributed by atoms with Crippen LogP contribution in [-0.2, 0) is 6.54 Å². The van der Waals surface area contributed by atoms with Gasteiger partial charge in [-0.05, 0) is 54.8 Å². The Hall–Kier alpha value is -3.96. The average Bonchev–Trinajstić information content (AvgIpc) is 3.60. The number of carbonyl (C=O) groups is 1. The van der Waals surface area contributed by atoms with Crippen LogP contribution in [0.2, 0.25) is 0 Å². The molecule has 164 valence electrons. The molecule has 7 nitrogen and oxygen atoms in total. The van der Waals surface area contributed by atoms with Crippen molar-refractivity contribution in [2.75, 3.05) is 16.8 Å². The van der Waals surface area contributed by atoms with E-state index in [9.17, 15) is 4.79 Å². The molecule has 1 aliphatic heterocycles. The minimum Gasteiger partial charge on any atom is -0.363 e. The van der Waals surface area contributed by atoms with Gasteiger partial charge in [0.1, 0.15) is 17.5 Å². The summed E-state index contributed by atoms with van der Waals surface area (Å²) in [6.45, 7) is 1.48. The minimum atomic E-state index is -0.207. The third-order valence-electron chi connectivity index (χ3n) is 5.78. The molecule has 1 aliphatic rings. The number of nitrogens with zero attached hydrogens (tertiary/aromatic N) is 5. The van der Waals surface area contributed by atoms with E-state index in [1.807, 2.05) is 40.4 Å². The number of pyridine rings is 1. The fraction of sp³-hybridized carbons (Fsp3) is 0.200. The number of hydrogen-bond donors (Lipinski definition) is 1. The first kappa shape index (κ1) is 20.9. The molecule has 4 heterocycles. The molecule has 1 unspecified atom stereocenters. The summed E-state index contributed by atoms with van der Waals surface area (Å²) in [7, 11) is 0. The fourth-order valence-corrected chi connectivity index (χ4v) is 5.00. The molecule has 0 spiro atoms. The van der Waals surface area contributed by atoms with E-state index in [0.717, 1.165) is 30.6 Å². The summed E-state index contributed by atoms with van der Waals surface area (Å²) < 4.78 is 1.86. The van der Waals surface area contributed by atoms with Gasteiger partial charge in [0.05, 0.1) is 11.7 Å². The molecule has 4 aromatic rings. The fourth-order valence-electron chi connectivity index (χ4n) is 4.25. The van der Waals surface area contributed by atoms with Crippen LogP contribution in [0.5, 0.6) is 0 Å². The van der Waals surface area contributed by atoms with E-state index in [4.69, 9.17) is 10.2 Å². The number of aromatic nitrogens is 3.